The van der Waals surface area contributed by atoms with Gasteiger partial charge < -0.3 is 0 Å². The van der Waals surface area contributed by atoms with E-state index in [-0.39, 0.29) is 17.6 Å². The number of fused-ring (bicyclic) bond motifs is 2. The molecule has 3 aliphatic rings. The first-order chi connectivity index (χ1) is 15.1. The maximum Gasteiger partial charge on any atom is 0.133 e. The standard InChI is InChI=1S/C29H44F2/c1-3-5-6-7-8-9-21-11-15-26-25(17-21)19-27(30)28(29(26)31)24-14-13-22-16-20(4-2)10-12-23(22)18-24/h19-24H,3-18H2,1-2H3. The van der Waals surface area contributed by atoms with Crippen molar-refractivity contribution in [1.82, 2.24) is 0 Å². The van der Waals surface area contributed by atoms with Gasteiger partial charge in [0.05, 0.1) is 0 Å². The van der Waals surface area contributed by atoms with Crippen LogP contribution in [0.2, 0.25) is 0 Å². The van der Waals surface area contributed by atoms with Crippen LogP contribution in [0.25, 0.3) is 0 Å². The number of hydrogen-bond acceptors (Lipinski definition) is 0. The van der Waals surface area contributed by atoms with Crippen molar-refractivity contribution in [3.63, 3.8) is 0 Å². The number of halogens is 2. The van der Waals surface area contributed by atoms with E-state index in [9.17, 15) is 0 Å². The van der Waals surface area contributed by atoms with Crippen molar-refractivity contribution in [3.8, 4) is 0 Å². The Kier molecular flexibility index (Phi) is 8.10. The Bertz CT molecular complexity index is 724. The first kappa shape index (κ1) is 23.2. The van der Waals surface area contributed by atoms with Gasteiger partial charge in [0, 0.05) is 5.56 Å². The molecule has 0 radical (unpaired) electrons. The molecule has 0 bridgehead atoms. The van der Waals surface area contributed by atoms with Gasteiger partial charge in [0.25, 0.3) is 0 Å². The molecule has 1 aromatic rings. The first-order valence-corrected chi connectivity index (χ1v) is 13.6. The number of benzene rings is 1. The fraction of sp³-hybridized carbons (Fsp3) is 0.793. The average Bonchev–Trinajstić information content (AvgIpc) is 2.78. The summed E-state index contributed by atoms with van der Waals surface area (Å²) in [5.74, 6) is 2.68. The Hall–Kier alpha value is -0.920. The lowest BCUT2D eigenvalue weighted by atomic mass is 9.63. The van der Waals surface area contributed by atoms with Gasteiger partial charge in [-0.15, -0.1) is 0 Å². The summed E-state index contributed by atoms with van der Waals surface area (Å²) in [7, 11) is 0. The topological polar surface area (TPSA) is 0 Å². The molecule has 0 N–H and O–H groups in total. The molecule has 31 heavy (non-hydrogen) atoms. The van der Waals surface area contributed by atoms with Crippen molar-refractivity contribution in [2.24, 2.45) is 23.7 Å². The summed E-state index contributed by atoms with van der Waals surface area (Å²) in [6, 6.07) is 1.73. The molecule has 1 aromatic carbocycles. The molecule has 3 aliphatic carbocycles. The number of hydrogen-bond donors (Lipinski definition) is 0. The third kappa shape index (κ3) is 5.36. The van der Waals surface area contributed by atoms with E-state index in [4.69, 9.17) is 0 Å². The molecule has 2 saturated carbocycles. The average molecular weight is 431 g/mol. The molecule has 2 fully saturated rings. The molecule has 0 spiro atoms. The molecule has 0 aliphatic heterocycles. The van der Waals surface area contributed by atoms with Crippen LogP contribution < -0.4 is 0 Å². The third-order valence-corrected chi connectivity index (χ3v) is 9.18. The van der Waals surface area contributed by atoms with Gasteiger partial charge in [-0.1, -0.05) is 65.2 Å². The van der Waals surface area contributed by atoms with E-state index >= 15 is 8.78 Å². The molecule has 5 unspecified atom stereocenters. The van der Waals surface area contributed by atoms with E-state index in [1.807, 2.05) is 0 Å². The Morgan fingerprint density at radius 2 is 1.61 bits per heavy atom. The summed E-state index contributed by atoms with van der Waals surface area (Å²) >= 11 is 0. The third-order valence-electron chi connectivity index (χ3n) is 9.18. The van der Waals surface area contributed by atoms with Gasteiger partial charge in [-0.3, -0.25) is 0 Å². The highest BCUT2D eigenvalue weighted by atomic mass is 19.1. The highest BCUT2D eigenvalue weighted by Gasteiger charge is 2.38. The molecule has 4 rings (SSSR count). The molecule has 0 nitrogen and oxygen atoms in total. The minimum atomic E-state index is -0.245. The smallest absolute Gasteiger partial charge is 0.133 e. The van der Waals surface area contributed by atoms with Crippen LogP contribution in [0, 0.1) is 35.3 Å². The van der Waals surface area contributed by atoms with Gasteiger partial charge in [0.2, 0.25) is 0 Å². The molecule has 0 saturated heterocycles. The van der Waals surface area contributed by atoms with Crippen molar-refractivity contribution in [2.75, 3.05) is 0 Å². The van der Waals surface area contributed by atoms with Crippen LogP contribution in [-0.2, 0) is 12.8 Å². The molecule has 5 atom stereocenters. The quantitative estimate of drug-likeness (QED) is 0.361. The fourth-order valence-corrected chi connectivity index (χ4v) is 7.22. The van der Waals surface area contributed by atoms with Gasteiger partial charge in [0.15, 0.2) is 0 Å². The lowest BCUT2D eigenvalue weighted by Gasteiger charge is -2.42. The second kappa shape index (κ2) is 10.8. The predicted molar refractivity (Wildman–Crippen MR) is 126 cm³/mol. The SMILES string of the molecule is CCCCCCCC1CCc2c(cc(F)c(C3CCC4CC(CC)CCC4C3)c2F)C1. The Labute approximate surface area is 189 Å². The molecule has 0 amide bonds. The summed E-state index contributed by atoms with van der Waals surface area (Å²) < 4.78 is 30.9. The second-order valence-corrected chi connectivity index (χ2v) is 11.2. The highest BCUT2D eigenvalue weighted by molar-refractivity contribution is 5.39. The van der Waals surface area contributed by atoms with E-state index < -0.39 is 0 Å². The Morgan fingerprint density at radius 1 is 0.839 bits per heavy atom. The molecular weight excluding hydrogens is 386 g/mol. The minimum absolute atomic E-state index is 0.0982. The van der Waals surface area contributed by atoms with E-state index in [2.05, 4.69) is 13.8 Å². The number of rotatable bonds is 8. The van der Waals surface area contributed by atoms with Gasteiger partial charge in [-0.2, -0.15) is 0 Å². The fourth-order valence-electron chi connectivity index (χ4n) is 7.22. The zero-order valence-electron chi connectivity index (χ0n) is 20.0. The summed E-state index contributed by atoms with van der Waals surface area (Å²) in [6.07, 6.45) is 18.9. The van der Waals surface area contributed by atoms with Crippen LogP contribution in [0.3, 0.4) is 0 Å². The van der Waals surface area contributed by atoms with Crippen LogP contribution in [-0.4, -0.2) is 0 Å². The maximum atomic E-state index is 15.6. The van der Waals surface area contributed by atoms with Crippen molar-refractivity contribution < 1.29 is 8.78 Å². The van der Waals surface area contributed by atoms with Gasteiger partial charge in [0.1, 0.15) is 11.6 Å². The lowest BCUT2D eigenvalue weighted by Crippen LogP contribution is -2.31. The van der Waals surface area contributed by atoms with Crippen molar-refractivity contribution in [3.05, 3.63) is 34.4 Å². The van der Waals surface area contributed by atoms with Crippen molar-refractivity contribution in [1.29, 1.82) is 0 Å². The molecule has 0 aromatic heterocycles. The van der Waals surface area contributed by atoms with E-state index in [0.717, 1.165) is 55.1 Å². The summed E-state index contributed by atoms with van der Waals surface area (Å²) in [5.41, 5.74) is 2.28. The van der Waals surface area contributed by atoms with E-state index in [1.165, 1.54) is 70.6 Å². The van der Waals surface area contributed by atoms with Crippen molar-refractivity contribution >= 4 is 0 Å². The van der Waals surface area contributed by atoms with Gasteiger partial charge in [-0.25, -0.2) is 8.78 Å². The first-order valence-electron chi connectivity index (χ1n) is 13.6. The molecule has 2 heteroatoms. The van der Waals surface area contributed by atoms with Gasteiger partial charge in [-0.05, 0) is 98.1 Å². The molecule has 174 valence electrons. The van der Waals surface area contributed by atoms with Crippen molar-refractivity contribution in [2.45, 2.75) is 122 Å². The van der Waals surface area contributed by atoms with E-state index in [0.29, 0.717) is 17.4 Å². The predicted octanol–water partition coefficient (Wildman–Crippen LogP) is 9.14. The van der Waals surface area contributed by atoms with E-state index in [1.54, 1.807) is 6.07 Å². The van der Waals surface area contributed by atoms with Crippen LogP contribution in [0.1, 0.15) is 126 Å². The Morgan fingerprint density at radius 3 is 2.42 bits per heavy atom. The second-order valence-electron chi connectivity index (χ2n) is 11.2. The van der Waals surface area contributed by atoms with Crippen LogP contribution in [0.5, 0.6) is 0 Å². The van der Waals surface area contributed by atoms with Crippen LogP contribution in [0.4, 0.5) is 8.78 Å². The highest BCUT2D eigenvalue weighted by Crippen LogP contribution is 2.49. The van der Waals surface area contributed by atoms with Gasteiger partial charge >= 0.3 is 0 Å². The zero-order chi connectivity index (χ0) is 21.8. The molecule has 0 heterocycles. The Balaban J connectivity index is 1.40. The largest absolute Gasteiger partial charge is 0.207 e. The van der Waals surface area contributed by atoms with Crippen LogP contribution in [0.15, 0.2) is 6.07 Å². The molecular formula is C29H44F2. The lowest BCUT2D eigenvalue weighted by molar-refractivity contribution is 0.114. The number of unbranched alkanes of at least 4 members (excludes halogenated alkanes) is 4. The maximum absolute atomic E-state index is 15.6. The monoisotopic (exact) mass is 430 g/mol. The summed E-state index contributed by atoms with van der Waals surface area (Å²) in [4.78, 5) is 0. The summed E-state index contributed by atoms with van der Waals surface area (Å²) in [6.45, 7) is 4.56. The van der Waals surface area contributed by atoms with Crippen LogP contribution >= 0.6 is 0 Å². The zero-order valence-corrected chi connectivity index (χ0v) is 20.0. The summed E-state index contributed by atoms with van der Waals surface area (Å²) in [5, 5.41) is 0. The normalized spacial score (nSPS) is 30.6. The minimum Gasteiger partial charge on any atom is -0.207 e.